The molecule has 1 aliphatic carbocycles. The van der Waals surface area contributed by atoms with E-state index in [1.807, 2.05) is 18.2 Å². The van der Waals surface area contributed by atoms with Crippen molar-refractivity contribution in [1.29, 1.82) is 0 Å². The Morgan fingerprint density at radius 2 is 2.00 bits per heavy atom. The van der Waals surface area contributed by atoms with Crippen LogP contribution in [0, 0.1) is 0 Å². The number of likely N-dealkylation sites (N-methyl/N-ethyl adjacent to an activating group) is 1. The first kappa shape index (κ1) is 15.5. The van der Waals surface area contributed by atoms with Gasteiger partial charge in [-0.05, 0) is 25.0 Å². The van der Waals surface area contributed by atoms with Crippen LogP contribution in [-0.4, -0.2) is 39.5 Å². The number of carbonyl (C=O) groups is 2. The van der Waals surface area contributed by atoms with Crippen molar-refractivity contribution in [2.45, 2.75) is 50.5 Å². The van der Waals surface area contributed by atoms with Gasteiger partial charge in [0.15, 0.2) is 0 Å². The molecule has 1 amide bonds. The Balaban J connectivity index is 2.11. The van der Waals surface area contributed by atoms with Gasteiger partial charge in [0.1, 0.15) is 0 Å². The minimum atomic E-state index is -0.839. The molecule has 1 N–H and O–H groups in total. The van der Waals surface area contributed by atoms with Gasteiger partial charge in [-0.3, -0.25) is 14.6 Å². The molecule has 21 heavy (non-hydrogen) atoms. The highest BCUT2D eigenvalue weighted by Gasteiger charge is 2.40. The van der Waals surface area contributed by atoms with Gasteiger partial charge in [-0.25, -0.2) is 0 Å². The van der Waals surface area contributed by atoms with E-state index < -0.39 is 11.5 Å². The summed E-state index contributed by atoms with van der Waals surface area (Å²) in [5, 5.41) is 9.20. The zero-order chi connectivity index (χ0) is 15.3. The number of amides is 1. The molecule has 0 aromatic carbocycles. The maximum atomic E-state index is 12.5. The highest BCUT2D eigenvalue weighted by atomic mass is 16.4. The molecule has 1 heterocycles. The molecule has 0 radical (unpaired) electrons. The number of rotatable bonds is 5. The van der Waals surface area contributed by atoms with Gasteiger partial charge in [0, 0.05) is 18.9 Å². The van der Waals surface area contributed by atoms with Crippen molar-refractivity contribution in [3.8, 4) is 0 Å². The quantitative estimate of drug-likeness (QED) is 0.903. The standard InChI is InChI=1S/C16H22N2O3/c1-18(14(19)11-13-7-3-6-10-17-13)16(12-15(20)21)8-4-2-5-9-16/h3,6-7,10H,2,4-5,8-9,11-12H2,1H3,(H,20,21). The van der Waals surface area contributed by atoms with Crippen molar-refractivity contribution in [2.24, 2.45) is 0 Å². The summed E-state index contributed by atoms with van der Waals surface area (Å²) in [5.74, 6) is -0.897. The van der Waals surface area contributed by atoms with Crippen molar-refractivity contribution < 1.29 is 14.7 Å². The third-order valence-electron chi connectivity index (χ3n) is 4.41. The molecule has 5 nitrogen and oxygen atoms in total. The first-order valence-electron chi connectivity index (χ1n) is 7.42. The zero-order valence-corrected chi connectivity index (χ0v) is 12.4. The molecule has 2 rings (SSSR count). The van der Waals surface area contributed by atoms with E-state index in [0.29, 0.717) is 0 Å². The summed E-state index contributed by atoms with van der Waals surface area (Å²) in [7, 11) is 1.74. The molecule has 1 aliphatic rings. The first-order valence-corrected chi connectivity index (χ1v) is 7.42. The number of hydrogen-bond donors (Lipinski definition) is 1. The second-order valence-electron chi connectivity index (χ2n) is 5.81. The van der Waals surface area contributed by atoms with Crippen LogP contribution < -0.4 is 0 Å². The number of carboxylic acids is 1. The van der Waals surface area contributed by atoms with Gasteiger partial charge in [0.05, 0.1) is 18.4 Å². The number of aromatic nitrogens is 1. The average Bonchev–Trinajstić information content (AvgIpc) is 2.47. The fourth-order valence-electron chi connectivity index (χ4n) is 3.16. The predicted octanol–water partition coefficient (Wildman–Crippen LogP) is 2.26. The maximum absolute atomic E-state index is 12.5. The lowest BCUT2D eigenvalue weighted by atomic mass is 9.78. The van der Waals surface area contributed by atoms with E-state index in [4.69, 9.17) is 0 Å². The minimum Gasteiger partial charge on any atom is -0.481 e. The normalized spacial score (nSPS) is 17.2. The van der Waals surface area contributed by atoms with Crippen molar-refractivity contribution >= 4 is 11.9 Å². The van der Waals surface area contributed by atoms with E-state index in [1.165, 1.54) is 0 Å². The number of aliphatic carboxylic acids is 1. The summed E-state index contributed by atoms with van der Waals surface area (Å²) in [6, 6.07) is 5.48. The van der Waals surface area contributed by atoms with Crippen LogP contribution in [0.2, 0.25) is 0 Å². The molecule has 5 heteroatoms. The molecule has 1 saturated carbocycles. The number of pyridine rings is 1. The maximum Gasteiger partial charge on any atom is 0.305 e. The molecule has 0 spiro atoms. The van der Waals surface area contributed by atoms with Crippen LogP contribution in [0.1, 0.15) is 44.2 Å². The van der Waals surface area contributed by atoms with Crippen molar-refractivity contribution in [2.75, 3.05) is 7.05 Å². The Morgan fingerprint density at radius 3 is 2.57 bits per heavy atom. The molecule has 1 aromatic heterocycles. The van der Waals surface area contributed by atoms with Crippen LogP contribution in [0.25, 0.3) is 0 Å². The Kier molecular flexibility index (Phi) is 4.94. The molecule has 114 valence electrons. The number of carboxylic acid groups (broad SMARTS) is 1. The Bertz CT molecular complexity index is 496. The number of carbonyl (C=O) groups excluding carboxylic acids is 1. The van der Waals surface area contributed by atoms with Gasteiger partial charge < -0.3 is 10.0 Å². The molecule has 1 fully saturated rings. The molecule has 0 atom stereocenters. The highest BCUT2D eigenvalue weighted by molar-refractivity contribution is 5.80. The first-order chi connectivity index (χ1) is 10.0. The molecule has 0 bridgehead atoms. The van der Waals surface area contributed by atoms with E-state index in [0.717, 1.165) is 37.8 Å². The van der Waals surface area contributed by atoms with Crippen molar-refractivity contribution in [3.63, 3.8) is 0 Å². The Morgan fingerprint density at radius 1 is 1.29 bits per heavy atom. The summed E-state index contributed by atoms with van der Waals surface area (Å²) in [4.78, 5) is 29.5. The number of nitrogens with zero attached hydrogens (tertiary/aromatic N) is 2. The van der Waals surface area contributed by atoms with Gasteiger partial charge in [0.2, 0.25) is 5.91 Å². The highest BCUT2D eigenvalue weighted by Crippen LogP contribution is 2.36. The van der Waals surface area contributed by atoms with Crippen LogP contribution in [0.4, 0.5) is 0 Å². The topological polar surface area (TPSA) is 70.5 Å². The van der Waals surface area contributed by atoms with E-state index in [2.05, 4.69) is 4.98 Å². The Hall–Kier alpha value is -1.91. The monoisotopic (exact) mass is 290 g/mol. The van der Waals surface area contributed by atoms with Crippen LogP contribution in [0.3, 0.4) is 0 Å². The van der Waals surface area contributed by atoms with Gasteiger partial charge in [-0.1, -0.05) is 25.3 Å². The molecular formula is C16H22N2O3. The summed E-state index contributed by atoms with van der Waals surface area (Å²) >= 11 is 0. The van der Waals surface area contributed by atoms with E-state index in [9.17, 15) is 14.7 Å². The van der Waals surface area contributed by atoms with Gasteiger partial charge in [0.25, 0.3) is 0 Å². The average molecular weight is 290 g/mol. The second-order valence-corrected chi connectivity index (χ2v) is 5.81. The summed E-state index contributed by atoms with van der Waals surface area (Å²) in [6.45, 7) is 0. The molecule has 0 saturated heterocycles. The van der Waals surface area contributed by atoms with E-state index >= 15 is 0 Å². The lowest BCUT2D eigenvalue weighted by Crippen LogP contribution is -2.52. The summed E-state index contributed by atoms with van der Waals surface area (Å²) < 4.78 is 0. The SMILES string of the molecule is CN(C(=O)Cc1ccccn1)C1(CC(=O)O)CCCCC1. The van der Waals surface area contributed by atoms with Crippen LogP contribution >= 0.6 is 0 Å². The zero-order valence-electron chi connectivity index (χ0n) is 12.4. The van der Waals surface area contributed by atoms with E-state index in [-0.39, 0.29) is 18.7 Å². The number of hydrogen-bond acceptors (Lipinski definition) is 3. The van der Waals surface area contributed by atoms with Crippen molar-refractivity contribution in [3.05, 3.63) is 30.1 Å². The predicted molar refractivity (Wildman–Crippen MR) is 78.8 cm³/mol. The molecule has 0 aliphatic heterocycles. The fraction of sp³-hybridized carbons (Fsp3) is 0.562. The largest absolute Gasteiger partial charge is 0.481 e. The van der Waals surface area contributed by atoms with Crippen LogP contribution in [0.5, 0.6) is 0 Å². The lowest BCUT2D eigenvalue weighted by Gasteiger charge is -2.44. The fourth-order valence-corrected chi connectivity index (χ4v) is 3.16. The summed E-state index contributed by atoms with van der Waals surface area (Å²) in [5.41, 5.74) is 0.186. The van der Waals surface area contributed by atoms with Gasteiger partial charge in [-0.15, -0.1) is 0 Å². The smallest absolute Gasteiger partial charge is 0.305 e. The third-order valence-corrected chi connectivity index (χ3v) is 4.41. The van der Waals surface area contributed by atoms with Crippen LogP contribution in [-0.2, 0) is 16.0 Å². The third kappa shape index (κ3) is 3.80. The minimum absolute atomic E-state index is 0.0253. The Labute approximate surface area is 125 Å². The van der Waals surface area contributed by atoms with Crippen molar-refractivity contribution in [1.82, 2.24) is 9.88 Å². The van der Waals surface area contributed by atoms with Gasteiger partial charge in [-0.2, -0.15) is 0 Å². The van der Waals surface area contributed by atoms with E-state index in [1.54, 1.807) is 18.1 Å². The molecular weight excluding hydrogens is 268 g/mol. The molecule has 0 unspecified atom stereocenters. The van der Waals surface area contributed by atoms with Crippen LogP contribution in [0.15, 0.2) is 24.4 Å². The lowest BCUT2D eigenvalue weighted by molar-refractivity contribution is -0.145. The summed E-state index contributed by atoms with van der Waals surface area (Å²) in [6.07, 6.45) is 6.52. The second kappa shape index (κ2) is 6.70. The molecule has 1 aromatic rings. The van der Waals surface area contributed by atoms with Gasteiger partial charge >= 0.3 is 5.97 Å².